The van der Waals surface area contributed by atoms with Gasteiger partial charge in [-0.2, -0.15) is 0 Å². The normalized spacial score (nSPS) is 36.4. The molecule has 0 heterocycles. The molecule has 82 valence electrons. The van der Waals surface area contributed by atoms with Crippen LogP contribution in [0.1, 0.15) is 40.0 Å². The molecule has 0 radical (unpaired) electrons. The zero-order valence-electron chi connectivity index (χ0n) is 9.26. The van der Waals surface area contributed by atoms with Crippen LogP contribution in [0.4, 0.5) is 4.79 Å². The maximum absolute atomic E-state index is 9.35. The molecule has 0 bridgehead atoms. The van der Waals surface area contributed by atoms with Gasteiger partial charge in [-0.1, -0.05) is 20.8 Å². The average Bonchev–Trinajstić information content (AvgIpc) is 2.71. The topological polar surface area (TPSA) is 81.1 Å². The molecule has 2 rings (SSSR count). The first-order valence-corrected chi connectivity index (χ1v) is 5.09. The Balaban J connectivity index is 0.000000171. The van der Waals surface area contributed by atoms with Crippen LogP contribution in [0.15, 0.2) is 0 Å². The number of hydrazine groups is 1. The molecule has 0 aromatic carbocycles. The molecular formula is C10H21N3O. The van der Waals surface area contributed by atoms with Crippen molar-refractivity contribution in [2.24, 2.45) is 28.3 Å². The van der Waals surface area contributed by atoms with Gasteiger partial charge in [0.05, 0.1) is 0 Å². The van der Waals surface area contributed by atoms with Crippen molar-refractivity contribution in [2.45, 2.75) is 40.0 Å². The Morgan fingerprint density at radius 2 is 1.93 bits per heavy atom. The van der Waals surface area contributed by atoms with Crippen molar-refractivity contribution in [1.29, 1.82) is 0 Å². The molecule has 0 aliphatic heterocycles. The minimum Gasteiger partial charge on any atom is -0.351 e. The minimum absolute atomic E-state index is 0.664. The number of primary amides is 1. The number of nitrogens with two attached hydrogens (primary N) is 2. The number of carbonyl (C=O) groups excluding carboxylic acids is 1. The van der Waals surface area contributed by atoms with E-state index in [-0.39, 0.29) is 0 Å². The van der Waals surface area contributed by atoms with Crippen LogP contribution in [0.2, 0.25) is 0 Å². The second-order valence-corrected chi connectivity index (χ2v) is 5.25. The van der Waals surface area contributed by atoms with Crippen molar-refractivity contribution in [1.82, 2.24) is 5.43 Å². The summed E-state index contributed by atoms with van der Waals surface area (Å²) in [5.74, 6) is 5.55. The Morgan fingerprint density at radius 1 is 1.43 bits per heavy atom. The molecule has 2 unspecified atom stereocenters. The number of nitrogens with one attached hydrogen (secondary N) is 1. The van der Waals surface area contributed by atoms with Gasteiger partial charge in [0.25, 0.3) is 0 Å². The molecule has 4 nitrogen and oxygen atoms in total. The van der Waals surface area contributed by atoms with Gasteiger partial charge in [0.15, 0.2) is 0 Å². The first-order chi connectivity index (χ1) is 6.33. The van der Waals surface area contributed by atoms with E-state index in [0.29, 0.717) is 5.41 Å². The summed E-state index contributed by atoms with van der Waals surface area (Å²) in [6.07, 6.45) is 4.48. The lowest BCUT2D eigenvalue weighted by molar-refractivity contribution is 0.226. The van der Waals surface area contributed by atoms with Crippen LogP contribution in [-0.2, 0) is 0 Å². The lowest BCUT2D eigenvalue weighted by Crippen LogP contribution is -2.34. The fourth-order valence-electron chi connectivity index (χ4n) is 2.52. The summed E-state index contributed by atoms with van der Waals surface area (Å²) >= 11 is 0. The molecule has 2 aliphatic rings. The lowest BCUT2D eigenvalue weighted by atomic mass is 9.78. The van der Waals surface area contributed by atoms with Gasteiger partial charge in [0.1, 0.15) is 0 Å². The molecule has 2 fully saturated rings. The third-order valence-corrected chi connectivity index (χ3v) is 4.22. The number of carbonyl (C=O) groups is 1. The molecule has 0 saturated heterocycles. The zero-order valence-corrected chi connectivity index (χ0v) is 9.26. The van der Waals surface area contributed by atoms with Crippen LogP contribution >= 0.6 is 0 Å². The fourth-order valence-corrected chi connectivity index (χ4v) is 2.52. The van der Waals surface area contributed by atoms with E-state index in [1.54, 1.807) is 5.43 Å². The van der Waals surface area contributed by atoms with Crippen LogP contribution < -0.4 is 17.0 Å². The number of amides is 2. The maximum Gasteiger partial charge on any atom is 0.326 e. The summed E-state index contributed by atoms with van der Waals surface area (Å²) in [5, 5.41) is 0. The van der Waals surface area contributed by atoms with Gasteiger partial charge in [0, 0.05) is 0 Å². The number of rotatable bonds is 0. The summed E-state index contributed by atoms with van der Waals surface area (Å²) in [6, 6.07) is -0.718. The molecule has 2 amide bonds. The van der Waals surface area contributed by atoms with E-state index in [1.165, 1.54) is 19.3 Å². The summed E-state index contributed by atoms with van der Waals surface area (Å²) in [4.78, 5) is 9.35. The highest BCUT2D eigenvalue weighted by Gasteiger charge is 2.62. The molecule has 14 heavy (non-hydrogen) atoms. The van der Waals surface area contributed by atoms with Gasteiger partial charge in [-0.3, -0.25) is 5.43 Å². The third kappa shape index (κ3) is 1.85. The van der Waals surface area contributed by atoms with E-state index in [1.807, 2.05) is 0 Å². The summed E-state index contributed by atoms with van der Waals surface area (Å²) in [6.45, 7) is 7.32. The summed E-state index contributed by atoms with van der Waals surface area (Å²) < 4.78 is 0. The standard InChI is InChI=1S/C9H16.CH5N3O/c1-8(2)5-4-7-6-9(7,8)3;2-1(5)4-3/h7H,4-6H2,1-3H3;3H2,(H3,2,4,5). The second kappa shape index (κ2) is 3.42. The number of fused-ring (bicyclic) bond motifs is 1. The van der Waals surface area contributed by atoms with Crippen molar-refractivity contribution in [3.05, 3.63) is 0 Å². The molecule has 4 heteroatoms. The number of hydrogen-bond donors (Lipinski definition) is 3. The third-order valence-electron chi connectivity index (χ3n) is 4.22. The van der Waals surface area contributed by atoms with Gasteiger partial charge in [-0.05, 0) is 36.0 Å². The van der Waals surface area contributed by atoms with E-state index >= 15 is 0 Å². The highest BCUT2D eigenvalue weighted by molar-refractivity contribution is 5.70. The van der Waals surface area contributed by atoms with Crippen molar-refractivity contribution in [2.75, 3.05) is 0 Å². The van der Waals surface area contributed by atoms with Crippen molar-refractivity contribution in [3.63, 3.8) is 0 Å². The van der Waals surface area contributed by atoms with E-state index in [4.69, 9.17) is 0 Å². The van der Waals surface area contributed by atoms with Crippen LogP contribution in [0.5, 0.6) is 0 Å². The quantitative estimate of drug-likeness (QED) is 0.313. The van der Waals surface area contributed by atoms with Gasteiger partial charge < -0.3 is 5.73 Å². The van der Waals surface area contributed by atoms with E-state index in [2.05, 4.69) is 32.3 Å². The largest absolute Gasteiger partial charge is 0.351 e. The predicted octanol–water partition coefficient (Wildman–Crippen LogP) is 1.36. The van der Waals surface area contributed by atoms with E-state index in [0.717, 1.165) is 11.3 Å². The smallest absolute Gasteiger partial charge is 0.326 e. The Hall–Kier alpha value is -0.770. The van der Waals surface area contributed by atoms with Gasteiger partial charge >= 0.3 is 6.03 Å². The highest BCUT2D eigenvalue weighted by Crippen LogP contribution is 2.71. The molecule has 0 aromatic rings. The summed E-state index contributed by atoms with van der Waals surface area (Å²) in [5.41, 5.74) is 7.50. The van der Waals surface area contributed by atoms with E-state index in [9.17, 15) is 4.79 Å². The molecule has 2 aliphatic carbocycles. The molecular weight excluding hydrogens is 178 g/mol. The molecule has 5 N–H and O–H groups in total. The van der Waals surface area contributed by atoms with Gasteiger partial charge in [0.2, 0.25) is 0 Å². The Kier molecular flexibility index (Phi) is 2.76. The predicted molar refractivity (Wildman–Crippen MR) is 56.1 cm³/mol. The van der Waals surface area contributed by atoms with Crippen molar-refractivity contribution >= 4 is 6.03 Å². The van der Waals surface area contributed by atoms with Crippen LogP contribution in [0.3, 0.4) is 0 Å². The maximum atomic E-state index is 9.35. The number of hydrogen-bond acceptors (Lipinski definition) is 2. The molecule has 2 saturated carbocycles. The van der Waals surface area contributed by atoms with E-state index < -0.39 is 6.03 Å². The van der Waals surface area contributed by atoms with Crippen LogP contribution in [0.25, 0.3) is 0 Å². The van der Waals surface area contributed by atoms with Crippen molar-refractivity contribution < 1.29 is 4.79 Å². The highest BCUT2D eigenvalue weighted by atomic mass is 16.2. The fraction of sp³-hybridized carbons (Fsp3) is 0.900. The Morgan fingerprint density at radius 3 is 2.00 bits per heavy atom. The lowest BCUT2D eigenvalue weighted by Gasteiger charge is -2.27. The molecule has 0 aromatic heterocycles. The minimum atomic E-state index is -0.718. The first kappa shape index (κ1) is 11.3. The van der Waals surface area contributed by atoms with Crippen LogP contribution in [0, 0.1) is 16.7 Å². The summed E-state index contributed by atoms with van der Waals surface area (Å²) in [7, 11) is 0. The monoisotopic (exact) mass is 199 g/mol. The number of urea groups is 1. The van der Waals surface area contributed by atoms with Crippen LogP contribution in [-0.4, -0.2) is 6.03 Å². The average molecular weight is 199 g/mol. The van der Waals surface area contributed by atoms with Crippen molar-refractivity contribution in [3.8, 4) is 0 Å². The first-order valence-electron chi connectivity index (χ1n) is 5.09. The van der Waals surface area contributed by atoms with Gasteiger partial charge in [-0.15, -0.1) is 0 Å². The Bertz CT molecular complexity index is 235. The Labute approximate surface area is 85.4 Å². The second-order valence-electron chi connectivity index (χ2n) is 5.25. The zero-order chi connectivity index (χ0) is 11.0. The van der Waals surface area contributed by atoms with Gasteiger partial charge in [-0.25, -0.2) is 10.6 Å². The molecule has 0 spiro atoms. The molecule has 2 atom stereocenters. The SMILES string of the molecule is CC1(C)CCC2CC21C.NNC(N)=O.